The number of aryl methyl sites for hydroxylation is 1. The van der Waals surface area contributed by atoms with Crippen LogP contribution in [0.25, 0.3) is 17.1 Å². The number of pyridine rings is 1. The first-order valence-electron chi connectivity index (χ1n) is 6.79. The van der Waals surface area contributed by atoms with Crippen molar-refractivity contribution in [3.05, 3.63) is 30.0 Å². The largest absolute Gasteiger partial charge is 0.397 e. The fraction of sp³-hybridized carbons (Fsp3) is 0.308. The Morgan fingerprint density at radius 1 is 1.38 bits per heavy atom. The summed E-state index contributed by atoms with van der Waals surface area (Å²) in [6, 6.07) is 3.31. The zero-order valence-corrected chi connectivity index (χ0v) is 12.3. The first-order chi connectivity index (χ1) is 11.3. The average molecular weight is 340 g/mol. The van der Waals surface area contributed by atoms with Crippen molar-refractivity contribution in [2.75, 3.05) is 0 Å². The van der Waals surface area contributed by atoms with Gasteiger partial charge in [0.2, 0.25) is 5.91 Å². The molecule has 0 unspecified atom stereocenters. The highest BCUT2D eigenvalue weighted by atomic mass is 19.4. The van der Waals surface area contributed by atoms with Crippen molar-refractivity contribution in [3.8, 4) is 11.5 Å². The summed E-state index contributed by atoms with van der Waals surface area (Å²) in [7, 11) is 0. The molecule has 3 rings (SSSR count). The second-order valence-electron chi connectivity index (χ2n) is 4.98. The molecule has 0 aliphatic heterocycles. The lowest BCUT2D eigenvalue weighted by Crippen LogP contribution is -2.28. The monoisotopic (exact) mass is 340 g/mol. The summed E-state index contributed by atoms with van der Waals surface area (Å²) in [5, 5.41) is 13.6. The van der Waals surface area contributed by atoms with Gasteiger partial charge in [-0.3, -0.25) is 9.20 Å². The maximum atomic E-state index is 12.1. The number of carbonyl (C=O) groups excluding carboxylic acids is 1. The fourth-order valence-electron chi connectivity index (χ4n) is 2.03. The smallest absolute Gasteiger partial charge is 0.348 e. The number of carbonyl (C=O) groups is 1. The molecule has 0 radical (unpaired) electrons. The van der Waals surface area contributed by atoms with E-state index in [-0.39, 0.29) is 6.54 Å². The van der Waals surface area contributed by atoms with Crippen molar-refractivity contribution in [1.82, 2.24) is 30.1 Å². The highest BCUT2D eigenvalue weighted by molar-refractivity contribution is 5.76. The van der Waals surface area contributed by atoms with Gasteiger partial charge >= 0.3 is 6.18 Å². The molecule has 3 heterocycles. The Bertz CT molecular complexity index is 885. The third kappa shape index (κ3) is 3.50. The summed E-state index contributed by atoms with van der Waals surface area (Å²) in [5.74, 6) is -0.0246. The molecule has 1 amide bonds. The van der Waals surface area contributed by atoms with Gasteiger partial charge < -0.3 is 9.84 Å². The summed E-state index contributed by atoms with van der Waals surface area (Å²) < 4.78 is 42.9. The summed E-state index contributed by atoms with van der Waals surface area (Å²) >= 11 is 0. The number of nitrogens with one attached hydrogen (secondary N) is 1. The van der Waals surface area contributed by atoms with E-state index in [0.29, 0.717) is 28.8 Å². The molecule has 0 atom stereocenters. The Hall–Kier alpha value is -2.98. The minimum absolute atomic E-state index is 0.172. The lowest BCUT2D eigenvalue weighted by Gasteiger charge is -2.07. The molecule has 0 saturated heterocycles. The number of rotatable bonds is 4. The fourth-order valence-corrected chi connectivity index (χ4v) is 2.03. The summed E-state index contributed by atoms with van der Waals surface area (Å²) in [6.07, 6.45) is -4.48. The van der Waals surface area contributed by atoms with Gasteiger partial charge in [-0.1, -0.05) is 5.16 Å². The van der Waals surface area contributed by atoms with E-state index in [1.807, 2.05) is 0 Å². The maximum absolute atomic E-state index is 12.1. The van der Waals surface area contributed by atoms with Crippen molar-refractivity contribution in [2.24, 2.45) is 0 Å². The van der Waals surface area contributed by atoms with Crippen molar-refractivity contribution in [1.29, 1.82) is 0 Å². The molecule has 0 fully saturated rings. The Balaban J connectivity index is 1.75. The molecule has 3 aromatic rings. The topological polar surface area (TPSA) is 98.2 Å². The molecule has 24 heavy (non-hydrogen) atoms. The second-order valence-corrected chi connectivity index (χ2v) is 4.98. The highest BCUT2D eigenvalue weighted by Gasteiger charge is 2.31. The van der Waals surface area contributed by atoms with E-state index >= 15 is 0 Å². The van der Waals surface area contributed by atoms with E-state index in [1.165, 1.54) is 0 Å². The summed E-state index contributed by atoms with van der Waals surface area (Å²) in [4.78, 5) is 15.3. The molecule has 0 aliphatic rings. The molecular weight excluding hydrogens is 329 g/mol. The number of nitrogens with zero attached hydrogens (tertiary/aromatic N) is 5. The molecule has 0 aliphatic carbocycles. The molecule has 0 saturated carbocycles. The quantitative estimate of drug-likeness (QED) is 0.775. The van der Waals surface area contributed by atoms with Gasteiger partial charge in [0, 0.05) is 11.8 Å². The van der Waals surface area contributed by atoms with Crippen LogP contribution in [-0.4, -0.2) is 36.8 Å². The van der Waals surface area contributed by atoms with Crippen molar-refractivity contribution >= 4 is 11.6 Å². The van der Waals surface area contributed by atoms with E-state index in [0.717, 1.165) is 0 Å². The molecule has 8 nitrogen and oxygen atoms in total. The Morgan fingerprint density at radius 2 is 2.17 bits per heavy atom. The molecule has 0 bridgehead atoms. The predicted molar refractivity (Wildman–Crippen MR) is 73.5 cm³/mol. The number of halogens is 3. The van der Waals surface area contributed by atoms with Crippen LogP contribution < -0.4 is 5.32 Å². The zero-order valence-electron chi connectivity index (χ0n) is 12.3. The van der Waals surface area contributed by atoms with Gasteiger partial charge in [0.1, 0.15) is 6.42 Å². The van der Waals surface area contributed by atoms with E-state index < -0.39 is 18.5 Å². The molecule has 3 aromatic heterocycles. The molecular formula is C13H11F3N6O2. The molecule has 0 spiro atoms. The van der Waals surface area contributed by atoms with Crippen molar-refractivity contribution in [3.63, 3.8) is 0 Å². The minimum Gasteiger partial charge on any atom is -0.348 e. The molecule has 126 valence electrons. The third-order valence-electron chi connectivity index (χ3n) is 3.06. The number of aromatic nitrogens is 5. The summed E-state index contributed by atoms with van der Waals surface area (Å²) in [5.41, 5.74) is 1.06. The van der Waals surface area contributed by atoms with Crippen LogP contribution in [-0.2, 0) is 11.3 Å². The highest BCUT2D eigenvalue weighted by Crippen LogP contribution is 2.20. The van der Waals surface area contributed by atoms with E-state index in [2.05, 4.69) is 25.7 Å². The minimum atomic E-state index is -4.55. The van der Waals surface area contributed by atoms with Crippen LogP contribution in [0.4, 0.5) is 13.2 Å². The zero-order chi connectivity index (χ0) is 17.3. The van der Waals surface area contributed by atoms with Gasteiger partial charge in [-0.25, -0.2) is 0 Å². The van der Waals surface area contributed by atoms with Gasteiger partial charge in [-0.15, -0.1) is 10.2 Å². The molecule has 1 N–H and O–H groups in total. The van der Waals surface area contributed by atoms with Gasteiger partial charge in [0.15, 0.2) is 17.3 Å². The van der Waals surface area contributed by atoms with Crippen LogP contribution in [0.3, 0.4) is 0 Å². The third-order valence-corrected chi connectivity index (χ3v) is 3.06. The normalized spacial score (nSPS) is 11.8. The van der Waals surface area contributed by atoms with E-state index in [4.69, 9.17) is 4.52 Å². The standard InChI is InChI=1S/C13H11F3N6O2/c1-7-18-12(24-21-7)8-2-3-22-9(4-8)19-20-10(22)6-17-11(23)5-13(14,15)16/h2-4H,5-6H2,1H3,(H,17,23). The Labute approximate surface area is 132 Å². The number of alkyl halides is 3. The summed E-state index contributed by atoms with van der Waals surface area (Å²) in [6.45, 7) is 1.51. The maximum Gasteiger partial charge on any atom is 0.397 e. The van der Waals surface area contributed by atoms with Gasteiger partial charge in [-0.2, -0.15) is 18.2 Å². The average Bonchev–Trinajstić information content (AvgIpc) is 3.09. The van der Waals surface area contributed by atoms with Crippen LogP contribution in [0.2, 0.25) is 0 Å². The van der Waals surface area contributed by atoms with Crippen LogP contribution in [0.15, 0.2) is 22.9 Å². The van der Waals surface area contributed by atoms with Crippen LogP contribution in [0, 0.1) is 6.92 Å². The van der Waals surface area contributed by atoms with Gasteiger partial charge in [-0.05, 0) is 19.1 Å². The van der Waals surface area contributed by atoms with E-state index in [1.54, 1.807) is 29.7 Å². The van der Waals surface area contributed by atoms with Crippen LogP contribution in [0.5, 0.6) is 0 Å². The van der Waals surface area contributed by atoms with Gasteiger partial charge in [0.05, 0.1) is 6.54 Å². The Kier molecular flexibility index (Phi) is 3.91. The lowest BCUT2D eigenvalue weighted by molar-refractivity contribution is -0.153. The van der Waals surface area contributed by atoms with Crippen molar-refractivity contribution in [2.45, 2.75) is 26.1 Å². The van der Waals surface area contributed by atoms with E-state index in [9.17, 15) is 18.0 Å². The first-order valence-corrected chi connectivity index (χ1v) is 6.79. The Morgan fingerprint density at radius 3 is 2.83 bits per heavy atom. The molecule has 0 aromatic carbocycles. The number of hydrogen-bond acceptors (Lipinski definition) is 6. The first kappa shape index (κ1) is 15.9. The number of fused-ring (bicyclic) bond motifs is 1. The lowest BCUT2D eigenvalue weighted by atomic mass is 10.2. The number of hydrogen-bond donors (Lipinski definition) is 1. The van der Waals surface area contributed by atoms with Gasteiger partial charge in [0.25, 0.3) is 5.89 Å². The van der Waals surface area contributed by atoms with Crippen molar-refractivity contribution < 1.29 is 22.5 Å². The number of amides is 1. The second kappa shape index (κ2) is 5.91. The SMILES string of the molecule is Cc1noc(-c2ccn3c(CNC(=O)CC(F)(F)F)nnc3c2)n1. The molecule has 11 heteroatoms. The predicted octanol–water partition coefficient (Wildman–Crippen LogP) is 1.66. The van der Waals surface area contributed by atoms with Crippen LogP contribution >= 0.6 is 0 Å². The van der Waals surface area contributed by atoms with Crippen LogP contribution in [0.1, 0.15) is 18.1 Å².